The van der Waals surface area contributed by atoms with Crippen LogP contribution >= 0.6 is 0 Å². The number of amides is 8. The molecule has 3 rings (SSSR count). The number of carboxylic acids is 1. The van der Waals surface area contributed by atoms with Crippen molar-refractivity contribution in [3.63, 3.8) is 0 Å². The number of likely N-dealkylation sites (tertiary alicyclic amines) is 1. The molecule has 1 aromatic carbocycles. The first-order valence-corrected chi connectivity index (χ1v) is 19.2. The van der Waals surface area contributed by atoms with E-state index in [0.717, 1.165) is 16.5 Å². The highest BCUT2D eigenvalue weighted by Gasteiger charge is 2.39. The van der Waals surface area contributed by atoms with Crippen LogP contribution in [0.4, 0.5) is 0 Å². The van der Waals surface area contributed by atoms with Crippen LogP contribution in [-0.4, -0.2) is 125 Å². The molecule has 8 amide bonds. The maximum atomic E-state index is 13.8. The molecule has 1 aliphatic rings. The molecule has 0 aliphatic carbocycles. The molecule has 58 heavy (non-hydrogen) atoms. The lowest BCUT2D eigenvalue weighted by atomic mass is 10.0. The smallest absolute Gasteiger partial charge is 0.322 e. The maximum absolute atomic E-state index is 13.8. The van der Waals surface area contributed by atoms with Crippen LogP contribution in [0.25, 0.3) is 10.9 Å². The highest BCUT2D eigenvalue weighted by atomic mass is 16.4. The zero-order valence-corrected chi connectivity index (χ0v) is 33.2. The van der Waals surface area contributed by atoms with E-state index >= 15 is 0 Å². The van der Waals surface area contributed by atoms with E-state index in [1.54, 1.807) is 20.0 Å². The monoisotopic (exact) mass is 812 g/mol. The van der Waals surface area contributed by atoms with Crippen molar-refractivity contribution < 1.29 is 48.3 Å². The SMILES string of the molecule is CC(C)C[C@H](NC(=O)[C@@H](N)Cc1c[nH]c2ccccc12)C(=O)NCC(=O)N[C@@H](CCC(N)=O)C(=O)N[C@H](C(=O)N1CCC[C@H]1C(=O)NCC(=O)NCC(=O)O)C(C)C. The normalized spacial score (nSPS) is 15.8. The largest absolute Gasteiger partial charge is 0.480 e. The summed E-state index contributed by atoms with van der Waals surface area (Å²) in [4.78, 5) is 119. The molecular formula is C38H56N10O10. The standard InChI is InChI=1S/C38H56N10O10/c1-20(2)14-27(46-34(54)24(39)15-22-16-41-25-9-6-5-8-23(22)25)35(55)43-18-31(51)45-26(11-12-29(40)49)36(56)47-33(21(3)4)38(58)48-13-7-10-28(48)37(57)44-17-30(50)42-19-32(52)53/h5-6,8-9,16,20-21,24,26-28,33,41H,7,10-15,17-19,39H2,1-4H3,(H2,40,49)(H,42,50)(H,43,55)(H,44,57)(H,45,51)(H,46,54)(H,47,56)(H,52,53)/t24-,26-,27-,28-,33-/m0/s1. The third-order valence-corrected chi connectivity index (χ3v) is 9.47. The van der Waals surface area contributed by atoms with Crippen molar-refractivity contribution in [1.29, 1.82) is 0 Å². The first kappa shape index (κ1) is 46.3. The van der Waals surface area contributed by atoms with Crippen molar-refractivity contribution in [3.05, 3.63) is 36.0 Å². The fourth-order valence-corrected chi connectivity index (χ4v) is 6.47. The van der Waals surface area contributed by atoms with Crippen LogP contribution in [0.3, 0.4) is 0 Å². The number of nitrogens with one attached hydrogen (secondary N) is 7. The lowest BCUT2D eigenvalue weighted by Gasteiger charge is -2.31. The van der Waals surface area contributed by atoms with E-state index < -0.39 is 109 Å². The topological polar surface area (TPSA) is 317 Å². The second kappa shape index (κ2) is 22.0. The molecule has 2 heterocycles. The number of aromatic amines is 1. The van der Waals surface area contributed by atoms with Gasteiger partial charge >= 0.3 is 5.97 Å². The van der Waals surface area contributed by atoms with E-state index in [4.69, 9.17) is 16.6 Å². The highest BCUT2D eigenvalue weighted by molar-refractivity contribution is 5.97. The maximum Gasteiger partial charge on any atom is 0.322 e. The van der Waals surface area contributed by atoms with E-state index in [2.05, 4.69) is 36.9 Å². The Balaban J connectivity index is 1.62. The number of fused-ring (bicyclic) bond motifs is 1. The molecule has 1 saturated heterocycles. The number of H-pyrrole nitrogens is 1. The van der Waals surface area contributed by atoms with Crippen molar-refractivity contribution in [2.75, 3.05) is 26.2 Å². The number of nitrogens with two attached hydrogens (primary N) is 2. The van der Waals surface area contributed by atoms with E-state index in [1.165, 1.54) is 4.90 Å². The Morgan fingerprint density at radius 3 is 2.19 bits per heavy atom. The van der Waals surface area contributed by atoms with Crippen molar-refractivity contribution in [2.24, 2.45) is 23.3 Å². The van der Waals surface area contributed by atoms with Crippen LogP contribution in [0.5, 0.6) is 0 Å². The van der Waals surface area contributed by atoms with E-state index in [9.17, 15) is 43.2 Å². The molecule has 0 radical (unpaired) electrons. The van der Waals surface area contributed by atoms with Crippen molar-refractivity contribution in [3.8, 4) is 0 Å². The minimum absolute atomic E-state index is 0.0321. The number of rotatable bonds is 22. The quantitative estimate of drug-likeness (QED) is 0.0613. The number of hydrogen-bond acceptors (Lipinski definition) is 10. The fourth-order valence-electron chi connectivity index (χ4n) is 6.47. The van der Waals surface area contributed by atoms with Gasteiger partial charge in [0.05, 0.1) is 19.1 Å². The Morgan fingerprint density at radius 1 is 0.845 bits per heavy atom. The van der Waals surface area contributed by atoms with E-state index in [1.807, 2.05) is 38.1 Å². The summed E-state index contributed by atoms with van der Waals surface area (Å²) in [7, 11) is 0. The second-order valence-corrected chi connectivity index (χ2v) is 15.0. The minimum atomic E-state index is -1.36. The Bertz CT molecular complexity index is 1830. The van der Waals surface area contributed by atoms with Crippen molar-refractivity contribution in [2.45, 2.75) is 96.4 Å². The average Bonchev–Trinajstić information content (AvgIpc) is 3.82. The predicted molar refractivity (Wildman–Crippen MR) is 210 cm³/mol. The zero-order valence-electron chi connectivity index (χ0n) is 33.2. The predicted octanol–water partition coefficient (Wildman–Crippen LogP) is -2.12. The van der Waals surface area contributed by atoms with Gasteiger partial charge in [0.15, 0.2) is 0 Å². The number of nitrogens with zero attached hydrogens (tertiary/aromatic N) is 1. The number of aromatic nitrogens is 1. The van der Waals surface area contributed by atoms with Crippen LogP contribution in [0.2, 0.25) is 0 Å². The Morgan fingerprint density at radius 2 is 1.53 bits per heavy atom. The summed E-state index contributed by atoms with van der Waals surface area (Å²) < 4.78 is 0. The van der Waals surface area contributed by atoms with Gasteiger partial charge in [-0.1, -0.05) is 45.9 Å². The van der Waals surface area contributed by atoms with E-state index in [-0.39, 0.29) is 44.6 Å². The van der Waals surface area contributed by atoms with Crippen LogP contribution in [0.15, 0.2) is 30.5 Å². The molecule has 5 atom stereocenters. The van der Waals surface area contributed by atoms with Crippen molar-refractivity contribution in [1.82, 2.24) is 41.8 Å². The summed E-state index contributed by atoms with van der Waals surface area (Å²) in [6.45, 7) is 5.47. The minimum Gasteiger partial charge on any atom is -0.480 e. The summed E-state index contributed by atoms with van der Waals surface area (Å²) in [6.07, 6.45) is 2.40. The van der Waals surface area contributed by atoms with Gasteiger partial charge in [-0.25, -0.2) is 0 Å². The summed E-state index contributed by atoms with van der Waals surface area (Å²) in [5.74, 6) is -7.36. The molecule has 2 aromatic rings. The summed E-state index contributed by atoms with van der Waals surface area (Å²) in [5.41, 5.74) is 13.3. The number of carboxylic acid groups (broad SMARTS) is 1. The Kier molecular flexibility index (Phi) is 17.6. The number of primary amides is 1. The number of benzene rings is 1. The number of hydrogen-bond donors (Lipinski definition) is 10. The first-order chi connectivity index (χ1) is 27.4. The molecule has 1 aliphatic heterocycles. The molecule has 1 aromatic heterocycles. The number of aliphatic carboxylic acids is 1. The lowest BCUT2D eigenvalue weighted by molar-refractivity contribution is -0.143. The van der Waals surface area contributed by atoms with Gasteiger partial charge in [0, 0.05) is 30.1 Å². The number of para-hydroxylation sites is 1. The summed E-state index contributed by atoms with van der Waals surface area (Å²) in [6, 6.07) is 2.05. The second-order valence-electron chi connectivity index (χ2n) is 15.0. The van der Waals surface area contributed by atoms with Crippen LogP contribution in [-0.2, 0) is 49.6 Å². The number of carbonyl (C=O) groups is 9. The molecule has 318 valence electrons. The van der Waals surface area contributed by atoms with E-state index in [0.29, 0.717) is 6.42 Å². The van der Waals surface area contributed by atoms with Crippen LogP contribution in [0.1, 0.15) is 65.4 Å². The van der Waals surface area contributed by atoms with Gasteiger partial charge in [0.2, 0.25) is 47.3 Å². The molecule has 1 fully saturated rings. The van der Waals surface area contributed by atoms with Crippen molar-refractivity contribution >= 4 is 64.1 Å². The average molecular weight is 813 g/mol. The van der Waals surface area contributed by atoms with Crippen LogP contribution in [0, 0.1) is 11.8 Å². The summed E-state index contributed by atoms with van der Waals surface area (Å²) >= 11 is 0. The molecule has 0 bridgehead atoms. The Labute approximate surface area is 335 Å². The molecule has 12 N–H and O–H groups in total. The molecule has 20 heteroatoms. The zero-order chi connectivity index (χ0) is 43.1. The van der Waals surface area contributed by atoms with Gasteiger partial charge in [0.1, 0.15) is 30.7 Å². The molecule has 20 nitrogen and oxygen atoms in total. The molecule has 0 saturated carbocycles. The van der Waals surface area contributed by atoms with Gasteiger partial charge in [-0.2, -0.15) is 0 Å². The van der Waals surface area contributed by atoms with Gasteiger partial charge in [-0.3, -0.25) is 43.2 Å². The Hall–Kier alpha value is -6.05. The third kappa shape index (κ3) is 14.2. The van der Waals surface area contributed by atoms with Gasteiger partial charge in [-0.15, -0.1) is 0 Å². The molecule has 0 unspecified atom stereocenters. The fraction of sp³-hybridized carbons (Fsp3) is 0.553. The van der Waals surface area contributed by atoms with Gasteiger partial charge in [-0.05, 0) is 55.6 Å². The first-order valence-electron chi connectivity index (χ1n) is 19.2. The third-order valence-electron chi connectivity index (χ3n) is 9.47. The van der Waals surface area contributed by atoms with Crippen LogP contribution < -0.4 is 43.4 Å². The van der Waals surface area contributed by atoms with Gasteiger partial charge < -0.3 is 58.4 Å². The van der Waals surface area contributed by atoms with Gasteiger partial charge in [0.25, 0.3) is 0 Å². The lowest BCUT2D eigenvalue weighted by Crippen LogP contribution is -2.59. The number of carbonyl (C=O) groups excluding carboxylic acids is 8. The molecule has 0 spiro atoms. The summed E-state index contributed by atoms with van der Waals surface area (Å²) in [5, 5.41) is 24.4. The molecular weight excluding hydrogens is 756 g/mol. The highest BCUT2D eigenvalue weighted by Crippen LogP contribution is 2.21.